The Morgan fingerprint density at radius 2 is 1.60 bits per heavy atom. The molecule has 0 saturated heterocycles. The van der Waals surface area contributed by atoms with Crippen molar-refractivity contribution in [2.45, 2.75) is 32.5 Å². The van der Waals surface area contributed by atoms with E-state index in [1.54, 1.807) is 35.2 Å². The molecule has 1 heterocycles. The van der Waals surface area contributed by atoms with Gasteiger partial charge >= 0.3 is 6.03 Å². The van der Waals surface area contributed by atoms with E-state index in [2.05, 4.69) is 34.6 Å². The SMILES string of the molecule is C[C@@H]1CN([C@@H](C)CO)C(=O)c2cc(NC(=O)Nc3ccccc3)ccc2O[C@@H]1CN(C)Cc1ccc(Oc2ccccc2)cc1. The van der Waals surface area contributed by atoms with E-state index in [0.29, 0.717) is 42.3 Å². The Kier molecular flexibility index (Phi) is 10.3. The summed E-state index contributed by atoms with van der Waals surface area (Å²) in [6.07, 6.45) is -0.240. The van der Waals surface area contributed by atoms with Gasteiger partial charge in [0.25, 0.3) is 5.91 Å². The Morgan fingerprint density at radius 1 is 0.956 bits per heavy atom. The molecule has 1 aliphatic heterocycles. The van der Waals surface area contributed by atoms with E-state index in [0.717, 1.165) is 17.1 Å². The van der Waals surface area contributed by atoms with Crippen LogP contribution in [0.25, 0.3) is 0 Å². The maximum Gasteiger partial charge on any atom is 0.323 e. The summed E-state index contributed by atoms with van der Waals surface area (Å²) in [6, 6.07) is 31.1. The van der Waals surface area contributed by atoms with Crippen LogP contribution in [0.2, 0.25) is 0 Å². The molecule has 3 atom stereocenters. The predicted molar refractivity (Wildman–Crippen MR) is 176 cm³/mol. The minimum Gasteiger partial charge on any atom is -0.488 e. The third kappa shape index (κ3) is 8.41. The molecule has 0 aliphatic carbocycles. The van der Waals surface area contributed by atoms with Gasteiger partial charge in [0.15, 0.2) is 0 Å². The second kappa shape index (κ2) is 14.7. The lowest BCUT2D eigenvalue weighted by atomic mass is 9.99. The number of nitrogens with zero attached hydrogens (tertiary/aromatic N) is 2. The fourth-order valence-corrected chi connectivity index (χ4v) is 5.30. The highest BCUT2D eigenvalue weighted by molar-refractivity contribution is 6.02. The zero-order valence-electron chi connectivity index (χ0n) is 25.9. The van der Waals surface area contributed by atoms with Gasteiger partial charge in [-0.2, -0.15) is 0 Å². The number of para-hydroxylation sites is 2. The molecule has 0 radical (unpaired) electrons. The Bertz CT molecular complexity index is 1570. The number of rotatable bonds is 10. The van der Waals surface area contributed by atoms with Crippen molar-refractivity contribution in [2.24, 2.45) is 5.92 Å². The average Bonchev–Trinajstić information content (AvgIpc) is 3.04. The summed E-state index contributed by atoms with van der Waals surface area (Å²) in [4.78, 5) is 30.3. The summed E-state index contributed by atoms with van der Waals surface area (Å²) >= 11 is 0. The number of ether oxygens (including phenoxy) is 2. The van der Waals surface area contributed by atoms with Crippen molar-refractivity contribution in [2.75, 3.05) is 37.4 Å². The highest BCUT2D eigenvalue weighted by atomic mass is 16.5. The van der Waals surface area contributed by atoms with Crippen LogP contribution in [-0.4, -0.2) is 65.7 Å². The summed E-state index contributed by atoms with van der Waals surface area (Å²) in [5.41, 5.74) is 2.58. The molecular formula is C36H40N4O5. The fraction of sp³-hybridized carbons (Fsp3) is 0.278. The highest BCUT2D eigenvalue weighted by Crippen LogP contribution is 2.31. The van der Waals surface area contributed by atoms with Gasteiger partial charge in [-0.05, 0) is 74.1 Å². The minimum atomic E-state index is -0.422. The van der Waals surface area contributed by atoms with E-state index < -0.39 is 6.03 Å². The maximum absolute atomic E-state index is 13.8. The Labute approximate surface area is 264 Å². The van der Waals surface area contributed by atoms with Gasteiger partial charge in [-0.25, -0.2) is 4.79 Å². The number of hydrogen-bond acceptors (Lipinski definition) is 6. The largest absolute Gasteiger partial charge is 0.488 e. The number of amides is 3. The first kappa shape index (κ1) is 31.6. The molecule has 0 fully saturated rings. The van der Waals surface area contributed by atoms with Crippen molar-refractivity contribution in [3.8, 4) is 17.2 Å². The molecule has 5 rings (SSSR count). The molecule has 0 unspecified atom stereocenters. The van der Waals surface area contributed by atoms with Crippen molar-refractivity contribution in [3.63, 3.8) is 0 Å². The average molecular weight is 609 g/mol. The third-order valence-corrected chi connectivity index (χ3v) is 7.80. The number of nitrogens with one attached hydrogen (secondary N) is 2. The minimum absolute atomic E-state index is 0.0188. The summed E-state index contributed by atoms with van der Waals surface area (Å²) in [5, 5.41) is 15.6. The number of likely N-dealkylation sites (N-methyl/N-ethyl adjacent to an activating group) is 1. The molecule has 4 aromatic carbocycles. The molecule has 3 N–H and O–H groups in total. The maximum atomic E-state index is 13.8. The number of carbonyl (C=O) groups excluding carboxylic acids is 2. The van der Waals surface area contributed by atoms with Gasteiger partial charge in [-0.15, -0.1) is 0 Å². The molecule has 0 saturated carbocycles. The molecule has 1 aliphatic rings. The zero-order chi connectivity index (χ0) is 31.8. The molecule has 9 nitrogen and oxygen atoms in total. The van der Waals surface area contributed by atoms with Gasteiger partial charge < -0.3 is 30.1 Å². The van der Waals surface area contributed by atoms with Crippen molar-refractivity contribution in [1.82, 2.24) is 9.80 Å². The van der Waals surface area contributed by atoms with Gasteiger partial charge in [0.1, 0.15) is 23.4 Å². The first-order chi connectivity index (χ1) is 21.8. The lowest BCUT2D eigenvalue weighted by Gasteiger charge is -2.38. The Morgan fingerprint density at radius 3 is 2.29 bits per heavy atom. The molecule has 0 aromatic heterocycles. The number of urea groups is 1. The number of hydrogen-bond donors (Lipinski definition) is 3. The summed E-state index contributed by atoms with van der Waals surface area (Å²) < 4.78 is 12.5. The van der Waals surface area contributed by atoms with Crippen LogP contribution >= 0.6 is 0 Å². The number of anilines is 2. The molecule has 0 bridgehead atoms. The normalized spacial score (nSPS) is 17.0. The molecule has 3 amide bonds. The molecule has 9 heteroatoms. The number of carbonyl (C=O) groups is 2. The molecule has 4 aromatic rings. The predicted octanol–water partition coefficient (Wildman–Crippen LogP) is 6.48. The zero-order valence-corrected chi connectivity index (χ0v) is 25.9. The van der Waals surface area contributed by atoms with Gasteiger partial charge in [0, 0.05) is 36.9 Å². The van der Waals surface area contributed by atoms with Crippen LogP contribution in [-0.2, 0) is 6.54 Å². The van der Waals surface area contributed by atoms with Crippen LogP contribution in [0, 0.1) is 5.92 Å². The van der Waals surface area contributed by atoms with Crippen LogP contribution in [0.5, 0.6) is 17.2 Å². The molecule has 234 valence electrons. The number of benzene rings is 4. The number of fused-ring (bicyclic) bond motifs is 1. The van der Waals surface area contributed by atoms with Crippen LogP contribution < -0.4 is 20.1 Å². The monoisotopic (exact) mass is 608 g/mol. The van der Waals surface area contributed by atoms with E-state index in [1.807, 2.05) is 74.6 Å². The Balaban J connectivity index is 1.29. The van der Waals surface area contributed by atoms with Crippen molar-refractivity contribution in [1.29, 1.82) is 0 Å². The van der Waals surface area contributed by atoms with Crippen LogP contribution in [0.1, 0.15) is 29.8 Å². The van der Waals surface area contributed by atoms with Gasteiger partial charge in [-0.3, -0.25) is 9.69 Å². The van der Waals surface area contributed by atoms with Crippen molar-refractivity contribution < 1.29 is 24.2 Å². The smallest absolute Gasteiger partial charge is 0.323 e. The number of aliphatic hydroxyl groups excluding tert-OH is 1. The quantitative estimate of drug-likeness (QED) is 0.191. The molecule has 0 spiro atoms. The lowest BCUT2D eigenvalue weighted by molar-refractivity contribution is 0.0341. The van der Waals surface area contributed by atoms with Crippen molar-refractivity contribution >= 4 is 23.3 Å². The van der Waals surface area contributed by atoms with E-state index in [1.165, 1.54) is 0 Å². The van der Waals surface area contributed by atoms with E-state index in [9.17, 15) is 14.7 Å². The standard InChI is InChI=1S/C36H40N4O5/c1-25-21-40(26(2)24-41)35(42)32-20-29(38-36(43)37-28-10-6-4-7-11-28)16-19-33(32)45-34(25)23-39(3)22-27-14-17-31(18-15-27)44-30-12-8-5-9-13-30/h4-20,25-26,34,41H,21-24H2,1-3H3,(H2,37,38,43)/t25-,26+,34-/m1/s1. The van der Waals surface area contributed by atoms with Gasteiger partial charge in [0.05, 0.1) is 18.2 Å². The lowest BCUT2D eigenvalue weighted by Crippen LogP contribution is -2.49. The molecular weight excluding hydrogens is 568 g/mol. The van der Waals surface area contributed by atoms with E-state index in [4.69, 9.17) is 9.47 Å². The second-order valence-electron chi connectivity index (χ2n) is 11.5. The highest BCUT2D eigenvalue weighted by Gasteiger charge is 2.33. The summed E-state index contributed by atoms with van der Waals surface area (Å²) in [5.74, 6) is 1.73. The van der Waals surface area contributed by atoms with Crippen molar-refractivity contribution in [3.05, 3.63) is 114 Å². The summed E-state index contributed by atoms with van der Waals surface area (Å²) in [7, 11) is 2.04. The first-order valence-corrected chi connectivity index (χ1v) is 15.1. The summed E-state index contributed by atoms with van der Waals surface area (Å²) in [6.45, 7) is 5.44. The third-order valence-electron chi connectivity index (χ3n) is 7.80. The number of aliphatic hydroxyl groups is 1. The van der Waals surface area contributed by atoms with E-state index in [-0.39, 0.29) is 30.6 Å². The molecule has 45 heavy (non-hydrogen) atoms. The van der Waals surface area contributed by atoms with Crippen LogP contribution in [0.15, 0.2) is 103 Å². The first-order valence-electron chi connectivity index (χ1n) is 15.1. The Hall–Kier alpha value is -4.86. The van der Waals surface area contributed by atoms with Gasteiger partial charge in [-0.1, -0.05) is 55.5 Å². The van der Waals surface area contributed by atoms with Crippen LogP contribution in [0.3, 0.4) is 0 Å². The van der Waals surface area contributed by atoms with Gasteiger partial charge in [0.2, 0.25) is 0 Å². The fourth-order valence-electron chi connectivity index (χ4n) is 5.30. The second-order valence-corrected chi connectivity index (χ2v) is 11.5. The topological polar surface area (TPSA) is 103 Å². The van der Waals surface area contributed by atoms with Crippen LogP contribution in [0.4, 0.5) is 16.2 Å². The van der Waals surface area contributed by atoms with E-state index >= 15 is 0 Å².